The van der Waals surface area contributed by atoms with Gasteiger partial charge in [-0.3, -0.25) is 4.72 Å². The highest BCUT2D eigenvalue weighted by Crippen LogP contribution is 2.34. The van der Waals surface area contributed by atoms with Crippen molar-refractivity contribution >= 4 is 50.5 Å². The van der Waals surface area contributed by atoms with Crippen LogP contribution >= 0.6 is 34.8 Å². The monoisotopic (exact) mass is 358 g/mol. The predicted octanol–water partition coefficient (Wildman–Crippen LogP) is 3.78. The molecule has 4 nitrogen and oxygen atoms in total. The molecular formula is C12H17Cl3N2O2S. The Labute approximate surface area is 134 Å². The molecule has 0 fully saturated rings. The summed E-state index contributed by atoms with van der Waals surface area (Å²) in [7, 11) is -3.49. The van der Waals surface area contributed by atoms with Gasteiger partial charge in [-0.05, 0) is 25.1 Å². The third-order valence-corrected chi connectivity index (χ3v) is 4.56. The second-order valence-corrected chi connectivity index (χ2v) is 7.72. The molecule has 0 atom stereocenters. The average molecular weight is 360 g/mol. The molecule has 0 unspecified atom stereocenters. The minimum Gasteiger partial charge on any atom is -0.314 e. The van der Waals surface area contributed by atoms with Crippen molar-refractivity contribution < 1.29 is 8.42 Å². The summed E-state index contributed by atoms with van der Waals surface area (Å²) in [5.74, 6) is -0.0119. The summed E-state index contributed by atoms with van der Waals surface area (Å²) in [6.07, 6.45) is 0.496. The number of rotatable bonds is 7. The zero-order valence-corrected chi connectivity index (χ0v) is 14.3. The minimum atomic E-state index is -3.49. The third-order valence-electron chi connectivity index (χ3n) is 2.41. The fraction of sp³-hybridized carbons (Fsp3) is 0.500. The molecule has 0 bridgehead atoms. The van der Waals surface area contributed by atoms with Crippen LogP contribution in [-0.2, 0) is 10.0 Å². The quantitative estimate of drug-likeness (QED) is 0.728. The van der Waals surface area contributed by atoms with Gasteiger partial charge in [0.25, 0.3) is 0 Å². The van der Waals surface area contributed by atoms with E-state index >= 15 is 0 Å². The average Bonchev–Trinajstić information content (AvgIpc) is 2.29. The molecule has 0 spiro atoms. The van der Waals surface area contributed by atoms with Crippen molar-refractivity contribution in [3.63, 3.8) is 0 Å². The van der Waals surface area contributed by atoms with E-state index in [-0.39, 0.29) is 21.5 Å². The normalized spacial score (nSPS) is 11.9. The predicted molar refractivity (Wildman–Crippen MR) is 86.6 cm³/mol. The number of halogens is 3. The first kappa shape index (κ1) is 17.9. The molecule has 0 amide bonds. The zero-order valence-electron chi connectivity index (χ0n) is 11.2. The summed E-state index contributed by atoms with van der Waals surface area (Å²) in [5.41, 5.74) is 0.162. The first-order valence-electron chi connectivity index (χ1n) is 6.09. The van der Waals surface area contributed by atoms with E-state index in [1.54, 1.807) is 0 Å². The van der Waals surface area contributed by atoms with Crippen LogP contribution in [0.4, 0.5) is 5.69 Å². The summed E-state index contributed by atoms with van der Waals surface area (Å²) in [4.78, 5) is 0. The van der Waals surface area contributed by atoms with Gasteiger partial charge in [0.1, 0.15) is 0 Å². The second-order valence-electron chi connectivity index (χ2n) is 4.63. The number of nitrogens with one attached hydrogen (secondary N) is 2. The topological polar surface area (TPSA) is 58.2 Å². The van der Waals surface area contributed by atoms with Gasteiger partial charge in [-0.2, -0.15) is 0 Å². The van der Waals surface area contributed by atoms with Crippen molar-refractivity contribution in [1.29, 1.82) is 0 Å². The van der Waals surface area contributed by atoms with Gasteiger partial charge in [-0.25, -0.2) is 8.42 Å². The molecule has 0 aliphatic carbocycles. The lowest BCUT2D eigenvalue weighted by molar-refractivity contribution is 0.571. The van der Waals surface area contributed by atoms with Crippen molar-refractivity contribution in [2.45, 2.75) is 26.3 Å². The first-order valence-corrected chi connectivity index (χ1v) is 8.88. The highest BCUT2D eigenvalue weighted by atomic mass is 35.5. The van der Waals surface area contributed by atoms with Crippen LogP contribution in [0.2, 0.25) is 15.1 Å². The molecule has 114 valence electrons. The third kappa shape index (κ3) is 6.06. The van der Waals surface area contributed by atoms with Crippen LogP contribution in [0.25, 0.3) is 0 Å². The van der Waals surface area contributed by atoms with Crippen LogP contribution in [-0.4, -0.2) is 26.8 Å². The van der Waals surface area contributed by atoms with Gasteiger partial charge in [0, 0.05) is 11.1 Å². The van der Waals surface area contributed by atoms with E-state index in [0.717, 1.165) is 0 Å². The molecule has 0 heterocycles. The first-order chi connectivity index (χ1) is 9.21. The van der Waals surface area contributed by atoms with E-state index in [2.05, 4.69) is 10.0 Å². The Morgan fingerprint density at radius 2 is 1.70 bits per heavy atom. The van der Waals surface area contributed by atoms with Gasteiger partial charge in [0.15, 0.2) is 0 Å². The standard InChI is InChI=1S/C12H17Cl3N2O2S/c1-8(2)16-4-3-5-20(18,19)17-12-10(14)6-9(13)7-11(12)15/h6-8,16-17H,3-5H2,1-2H3. The minimum absolute atomic E-state index is 0.0119. The van der Waals surface area contributed by atoms with E-state index in [9.17, 15) is 8.42 Å². The van der Waals surface area contributed by atoms with Gasteiger partial charge in [-0.1, -0.05) is 48.7 Å². The Balaban J connectivity index is 2.67. The van der Waals surface area contributed by atoms with Gasteiger partial charge in [-0.15, -0.1) is 0 Å². The lowest BCUT2D eigenvalue weighted by Crippen LogP contribution is -2.26. The summed E-state index contributed by atoms with van der Waals surface area (Å²) in [6, 6.07) is 3.20. The van der Waals surface area contributed by atoms with E-state index < -0.39 is 10.0 Å². The Bertz CT molecular complexity index is 539. The molecule has 1 aromatic rings. The maximum Gasteiger partial charge on any atom is 0.232 e. The number of hydrogen-bond acceptors (Lipinski definition) is 3. The van der Waals surface area contributed by atoms with Crippen LogP contribution in [0, 0.1) is 0 Å². The van der Waals surface area contributed by atoms with Crippen molar-refractivity contribution in [3.05, 3.63) is 27.2 Å². The number of benzene rings is 1. The molecule has 0 saturated carbocycles. The number of sulfonamides is 1. The van der Waals surface area contributed by atoms with Crippen LogP contribution in [0.15, 0.2) is 12.1 Å². The Morgan fingerprint density at radius 3 is 2.20 bits per heavy atom. The van der Waals surface area contributed by atoms with Crippen LogP contribution in [0.5, 0.6) is 0 Å². The summed E-state index contributed by atoms with van der Waals surface area (Å²) in [5, 5.41) is 3.85. The molecule has 2 N–H and O–H groups in total. The van der Waals surface area contributed by atoms with Gasteiger partial charge in [0.05, 0.1) is 21.5 Å². The molecule has 1 rings (SSSR count). The molecule has 1 aromatic carbocycles. The SMILES string of the molecule is CC(C)NCCCS(=O)(=O)Nc1c(Cl)cc(Cl)cc1Cl. The molecule has 0 aliphatic rings. The van der Waals surface area contributed by atoms with E-state index in [0.29, 0.717) is 24.0 Å². The lowest BCUT2D eigenvalue weighted by atomic mass is 10.3. The Kier molecular flexibility index (Phi) is 6.88. The smallest absolute Gasteiger partial charge is 0.232 e. The molecule has 0 saturated heterocycles. The second kappa shape index (κ2) is 7.71. The molecule has 0 aromatic heterocycles. The fourth-order valence-electron chi connectivity index (χ4n) is 1.50. The fourth-order valence-corrected chi connectivity index (χ4v) is 3.68. The highest BCUT2D eigenvalue weighted by molar-refractivity contribution is 7.92. The van der Waals surface area contributed by atoms with Gasteiger partial charge < -0.3 is 5.32 Å². The highest BCUT2D eigenvalue weighted by Gasteiger charge is 2.15. The lowest BCUT2D eigenvalue weighted by Gasteiger charge is -2.12. The molecule has 8 heteroatoms. The number of anilines is 1. The largest absolute Gasteiger partial charge is 0.314 e. The maximum atomic E-state index is 11.9. The zero-order chi connectivity index (χ0) is 15.3. The summed E-state index contributed by atoms with van der Waals surface area (Å²) in [6.45, 7) is 4.63. The van der Waals surface area contributed by atoms with Gasteiger partial charge in [0.2, 0.25) is 10.0 Å². The van der Waals surface area contributed by atoms with Crippen LogP contribution < -0.4 is 10.0 Å². The van der Waals surface area contributed by atoms with E-state index in [4.69, 9.17) is 34.8 Å². The van der Waals surface area contributed by atoms with E-state index in [1.165, 1.54) is 12.1 Å². The molecule has 0 aliphatic heterocycles. The van der Waals surface area contributed by atoms with Gasteiger partial charge >= 0.3 is 0 Å². The van der Waals surface area contributed by atoms with Crippen LogP contribution in [0.1, 0.15) is 20.3 Å². The molecular weight excluding hydrogens is 343 g/mol. The van der Waals surface area contributed by atoms with Crippen molar-refractivity contribution in [2.75, 3.05) is 17.0 Å². The summed E-state index contributed by atoms with van der Waals surface area (Å²) < 4.78 is 26.3. The van der Waals surface area contributed by atoms with Crippen LogP contribution in [0.3, 0.4) is 0 Å². The number of hydrogen-bond donors (Lipinski definition) is 2. The molecule has 20 heavy (non-hydrogen) atoms. The summed E-state index contributed by atoms with van der Waals surface area (Å²) >= 11 is 17.6. The van der Waals surface area contributed by atoms with Crippen molar-refractivity contribution in [1.82, 2.24) is 5.32 Å². The van der Waals surface area contributed by atoms with E-state index in [1.807, 2.05) is 13.8 Å². The maximum absolute atomic E-state index is 11.9. The Hall–Kier alpha value is -0.200. The van der Waals surface area contributed by atoms with Crippen molar-refractivity contribution in [3.8, 4) is 0 Å². The molecule has 0 radical (unpaired) electrons. The van der Waals surface area contributed by atoms with Crippen molar-refractivity contribution in [2.24, 2.45) is 0 Å². The Morgan fingerprint density at radius 1 is 1.15 bits per heavy atom.